The minimum Gasteiger partial charge on any atom is -0.324 e. The molecular formula is C11H16N4O4S. The fraction of sp³-hybridized carbons (Fsp3) is 0.455. The Hall–Kier alpha value is -1.71. The highest BCUT2D eigenvalue weighted by Gasteiger charge is 2.22. The summed E-state index contributed by atoms with van der Waals surface area (Å²) >= 11 is 0. The Morgan fingerprint density at radius 3 is 2.55 bits per heavy atom. The molecule has 3 N–H and O–H groups in total. The van der Waals surface area contributed by atoms with Crippen molar-refractivity contribution < 1.29 is 13.3 Å². The number of nitrogen functional groups attached to an aromatic ring is 1. The lowest BCUT2D eigenvalue weighted by atomic mass is 10.1. The van der Waals surface area contributed by atoms with Gasteiger partial charge in [-0.1, -0.05) is 0 Å². The largest absolute Gasteiger partial charge is 0.324 e. The fourth-order valence-corrected chi connectivity index (χ4v) is 3.39. The van der Waals surface area contributed by atoms with Crippen LogP contribution in [0.4, 0.5) is 11.4 Å². The summed E-state index contributed by atoms with van der Waals surface area (Å²) in [5.74, 6) is 5.63. The van der Waals surface area contributed by atoms with Gasteiger partial charge in [0, 0.05) is 31.8 Å². The molecule has 1 heterocycles. The van der Waals surface area contributed by atoms with Crippen LogP contribution in [0.1, 0.15) is 5.56 Å². The minimum absolute atomic E-state index is 0.0105. The Morgan fingerprint density at radius 1 is 1.35 bits per heavy atom. The molecule has 1 aliphatic heterocycles. The molecule has 1 aromatic carbocycles. The molecule has 0 saturated carbocycles. The maximum atomic E-state index is 11.4. The summed E-state index contributed by atoms with van der Waals surface area (Å²) in [5, 5.41) is 10.8. The molecule has 0 amide bonds. The van der Waals surface area contributed by atoms with Crippen molar-refractivity contribution in [1.82, 2.24) is 4.90 Å². The second-order valence-electron chi connectivity index (χ2n) is 4.67. The summed E-state index contributed by atoms with van der Waals surface area (Å²) in [6, 6.07) is 4.38. The maximum Gasteiger partial charge on any atom is 0.269 e. The highest BCUT2D eigenvalue weighted by molar-refractivity contribution is 7.91. The summed E-state index contributed by atoms with van der Waals surface area (Å²) in [4.78, 5) is 12.3. The lowest BCUT2D eigenvalue weighted by Crippen LogP contribution is -2.39. The number of nitrogens with zero attached hydrogens (tertiary/aromatic N) is 2. The van der Waals surface area contributed by atoms with Crippen LogP contribution in [0.15, 0.2) is 18.2 Å². The summed E-state index contributed by atoms with van der Waals surface area (Å²) in [5.41, 5.74) is 3.77. The molecule has 0 unspecified atom stereocenters. The minimum atomic E-state index is -2.94. The van der Waals surface area contributed by atoms with Gasteiger partial charge in [0.15, 0.2) is 9.84 Å². The van der Waals surface area contributed by atoms with E-state index < -0.39 is 14.8 Å². The molecule has 0 aliphatic carbocycles. The van der Waals surface area contributed by atoms with Crippen molar-refractivity contribution >= 4 is 21.2 Å². The van der Waals surface area contributed by atoms with Crippen molar-refractivity contribution in [2.45, 2.75) is 6.54 Å². The molecule has 1 aromatic rings. The van der Waals surface area contributed by atoms with Crippen LogP contribution in [-0.4, -0.2) is 42.8 Å². The molecule has 1 fully saturated rings. The zero-order chi connectivity index (χ0) is 14.8. The van der Waals surface area contributed by atoms with E-state index in [1.54, 1.807) is 6.07 Å². The smallest absolute Gasteiger partial charge is 0.269 e. The van der Waals surface area contributed by atoms with Gasteiger partial charge in [0.05, 0.1) is 22.1 Å². The van der Waals surface area contributed by atoms with Crippen LogP contribution in [0.25, 0.3) is 0 Å². The fourth-order valence-electron chi connectivity index (χ4n) is 2.11. The average Bonchev–Trinajstić information content (AvgIpc) is 2.41. The first-order chi connectivity index (χ1) is 9.41. The van der Waals surface area contributed by atoms with E-state index in [1.807, 2.05) is 4.90 Å². The third-order valence-corrected chi connectivity index (χ3v) is 4.90. The molecule has 0 radical (unpaired) electrons. The van der Waals surface area contributed by atoms with Crippen molar-refractivity contribution in [2.24, 2.45) is 5.84 Å². The molecule has 0 atom stereocenters. The van der Waals surface area contributed by atoms with Gasteiger partial charge in [-0.3, -0.25) is 20.9 Å². The van der Waals surface area contributed by atoms with E-state index in [0.717, 1.165) is 0 Å². The Kier molecular flexibility index (Phi) is 4.21. The number of nitrogens with one attached hydrogen (secondary N) is 1. The van der Waals surface area contributed by atoms with E-state index in [-0.39, 0.29) is 17.2 Å². The molecule has 1 saturated heterocycles. The van der Waals surface area contributed by atoms with Crippen LogP contribution in [-0.2, 0) is 16.4 Å². The van der Waals surface area contributed by atoms with Gasteiger partial charge < -0.3 is 5.43 Å². The predicted molar refractivity (Wildman–Crippen MR) is 74.8 cm³/mol. The van der Waals surface area contributed by atoms with Gasteiger partial charge in [-0.25, -0.2) is 8.42 Å². The SMILES string of the molecule is NNc1ccc([N+](=O)[O-])cc1CN1CCS(=O)(=O)CC1. The second-order valence-corrected chi connectivity index (χ2v) is 6.97. The van der Waals surface area contributed by atoms with Crippen LogP contribution in [0.2, 0.25) is 0 Å². The van der Waals surface area contributed by atoms with Crippen molar-refractivity contribution in [3.8, 4) is 0 Å². The summed E-state index contributed by atoms with van der Waals surface area (Å²) in [6.45, 7) is 1.28. The van der Waals surface area contributed by atoms with E-state index in [0.29, 0.717) is 30.9 Å². The van der Waals surface area contributed by atoms with E-state index >= 15 is 0 Å². The quantitative estimate of drug-likeness (QED) is 0.460. The van der Waals surface area contributed by atoms with Crippen LogP contribution < -0.4 is 11.3 Å². The Labute approximate surface area is 116 Å². The van der Waals surface area contributed by atoms with Gasteiger partial charge >= 0.3 is 0 Å². The molecule has 0 aromatic heterocycles. The number of nitro benzene ring substituents is 1. The summed E-state index contributed by atoms with van der Waals surface area (Å²) < 4.78 is 22.7. The molecule has 2 rings (SSSR count). The van der Waals surface area contributed by atoms with Crippen LogP contribution >= 0.6 is 0 Å². The maximum absolute atomic E-state index is 11.4. The Bertz CT molecular complexity index is 603. The van der Waals surface area contributed by atoms with Gasteiger partial charge in [-0.15, -0.1) is 0 Å². The monoisotopic (exact) mass is 300 g/mol. The number of rotatable bonds is 4. The number of hydrogen-bond acceptors (Lipinski definition) is 7. The van der Waals surface area contributed by atoms with Crippen LogP contribution in [0.3, 0.4) is 0 Å². The molecule has 9 heteroatoms. The number of non-ortho nitro benzene ring substituents is 1. The molecule has 20 heavy (non-hydrogen) atoms. The lowest BCUT2D eigenvalue weighted by Gasteiger charge is -2.27. The number of nitrogens with two attached hydrogens (primary N) is 1. The molecular weight excluding hydrogens is 284 g/mol. The zero-order valence-corrected chi connectivity index (χ0v) is 11.6. The third-order valence-electron chi connectivity index (χ3n) is 3.29. The number of sulfone groups is 1. The number of hydrogen-bond donors (Lipinski definition) is 2. The molecule has 110 valence electrons. The number of anilines is 1. The molecule has 0 spiro atoms. The van der Waals surface area contributed by atoms with Crippen molar-refractivity contribution in [3.63, 3.8) is 0 Å². The van der Waals surface area contributed by atoms with Gasteiger partial charge in [-0.05, 0) is 11.6 Å². The number of nitro groups is 1. The molecule has 1 aliphatic rings. The standard InChI is InChI=1S/C11H16N4O4S/c12-13-11-2-1-10(15(16)17)7-9(11)8-14-3-5-20(18,19)6-4-14/h1-2,7,13H,3-6,8,12H2. The first kappa shape index (κ1) is 14.7. The van der Waals surface area contributed by atoms with Crippen molar-refractivity contribution in [3.05, 3.63) is 33.9 Å². The topological polar surface area (TPSA) is 119 Å². The van der Waals surface area contributed by atoms with Crippen molar-refractivity contribution in [1.29, 1.82) is 0 Å². The van der Waals surface area contributed by atoms with Crippen LogP contribution in [0, 0.1) is 10.1 Å². The van der Waals surface area contributed by atoms with Gasteiger partial charge in [0.1, 0.15) is 0 Å². The van der Waals surface area contributed by atoms with Crippen LogP contribution in [0.5, 0.6) is 0 Å². The molecule has 0 bridgehead atoms. The van der Waals surface area contributed by atoms with Gasteiger partial charge in [0.2, 0.25) is 0 Å². The highest BCUT2D eigenvalue weighted by Crippen LogP contribution is 2.23. The zero-order valence-electron chi connectivity index (χ0n) is 10.8. The second kappa shape index (κ2) is 5.73. The Balaban J connectivity index is 2.15. The first-order valence-electron chi connectivity index (χ1n) is 6.08. The first-order valence-corrected chi connectivity index (χ1v) is 7.90. The Morgan fingerprint density at radius 2 is 2.00 bits per heavy atom. The summed E-state index contributed by atoms with van der Waals surface area (Å²) in [7, 11) is -2.94. The van der Waals surface area contributed by atoms with Gasteiger partial charge in [-0.2, -0.15) is 0 Å². The predicted octanol–water partition coefficient (Wildman–Crippen LogP) is 0.111. The van der Waals surface area contributed by atoms with Crippen molar-refractivity contribution in [2.75, 3.05) is 30.0 Å². The average molecular weight is 300 g/mol. The van der Waals surface area contributed by atoms with E-state index in [2.05, 4.69) is 5.43 Å². The van der Waals surface area contributed by atoms with E-state index in [4.69, 9.17) is 5.84 Å². The lowest BCUT2D eigenvalue weighted by molar-refractivity contribution is -0.384. The number of benzene rings is 1. The third kappa shape index (κ3) is 3.44. The van der Waals surface area contributed by atoms with E-state index in [1.165, 1.54) is 12.1 Å². The normalized spacial score (nSPS) is 18.6. The number of hydrazine groups is 1. The van der Waals surface area contributed by atoms with Gasteiger partial charge in [0.25, 0.3) is 5.69 Å². The van der Waals surface area contributed by atoms with E-state index in [9.17, 15) is 18.5 Å². The summed E-state index contributed by atoms with van der Waals surface area (Å²) in [6.07, 6.45) is 0. The highest BCUT2D eigenvalue weighted by atomic mass is 32.2. The molecule has 8 nitrogen and oxygen atoms in total.